The van der Waals surface area contributed by atoms with Crippen LogP contribution in [0.2, 0.25) is 0 Å². The summed E-state index contributed by atoms with van der Waals surface area (Å²) < 4.78 is 41.6. The fourth-order valence-corrected chi connectivity index (χ4v) is 2.95. The summed E-state index contributed by atoms with van der Waals surface area (Å²) in [7, 11) is 0. The maximum Gasteiger partial charge on any atom is 0.422 e. The van der Waals surface area contributed by atoms with Crippen LogP contribution in [0.15, 0.2) is 30.5 Å². The molecule has 1 N–H and O–H groups in total. The molecule has 27 heavy (non-hydrogen) atoms. The second-order valence-electron chi connectivity index (χ2n) is 6.16. The summed E-state index contributed by atoms with van der Waals surface area (Å²) in [6.45, 7) is 0.530. The van der Waals surface area contributed by atoms with E-state index in [-0.39, 0.29) is 30.4 Å². The third-order valence-corrected chi connectivity index (χ3v) is 4.13. The fraction of sp³-hybridized carbons (Fsp3) is 0.278. The molecule has 1 aromatic heterocycles. The van der Waals surface area contributed by atoms with Crippen molar-refractivity contribution in [2.24, 2.45) is 0 Å². The van der Waals surface area contributed by atoms with Gasteiger partial charge >= 0.3 is 12.1 Å². The molecule has 0 aliphatic carbocycles. The zero-order valence-corrected chi connectivity index (χ0v) is 14.2. The van der Waals surface area contributed by atoms with Crippen LogP contribution in [-0.2, 0) is 13.1 Å². The number of benzene rings is 1. The van der Waals surface area contributed by atoms with Crippen LogP contribution in [0.4, 0.5) is 13.2 Å². The summed E-state index contributed by atoms with van der Waals surface area (Å²) in [6, 6.07) is 6.11. The number of carboxylic acid groups (broad SMARTS) is 1. The Morgan fingerprint density at radius 3 is 2.70 bits per heavy atom. The van der Waals surface area contributed by atoms with Crippen molar-refractivity contribution in [2.45, 2.75) is 26.2 Å². The van der Waals surface area contributed by atoms with Crippen molar-refractivity contribution in [3.8, 4) is 5.75 Å². The molecule has 0 saturated carbocycles. The maximum absolute atomic E-state index is 12.5. The number of carboxylic acids is 1. The first kappa shape index (κ1) is 18.7. The highest BCUT2D eigenvalue weighted by atomic mass is 19.4. The van der Waals surface area contributed by atoms with Gasteiger partial charge in [0.25, 0.3) is 5.91 Å². The van der Waals surface area contributed by atoms with Gasteiger partial charge in [0.2, 0.25) is 0 Å². The number of rotatable bonds is 5. The van der Waals surface area contributed by atoms with Crippen LogP contribution in [0.5, 0.6) is 5.75 Å². The van der Waals surface area contributed by atoms with E-state index in [1.54, 1.807) is 19.1 Å². The van der Waals surface area contributed by atoms with Crippen LogP contribution in [0, 0.1) is 6.92 Å². The first-order chi connectivity index (χ1) is 12.7. The SMILES string of the molecule is Cc1cc(CN2Cc3c(ccnc3C(=O)O)C2=O)ccc1OCC(F)(F)F. The van der Waals surface area contributed by atoms with Gasteiger partial charge in [-0.25, -0.2) is 9.78 Å². The minimum Gasteiger partial charge on any atom is -0.484 e. The van der Waals surface area contributed by atoms with Gasteiger partial charge in [-0.2, -0.15) is 13.2 Å². The Balaban J connectivity index is 1.75. The number of amides is 1. The van der Waals surface area contributed by atoms with Crippen LogP contribution in [0.3, 0.4) is 0 Å². The molecular weight excluding hydrogens is 365 g/mol. The first-order valence-corrected chi connectivity index (χ1v) is 7.95. The minimum absolute atomic E-state index is 0.106. The molecule has 2 aromatic rings. The van der Waals surface area contributed by atoms with Gasteiger partial charge in [-0.05, 0) is 30.2 Å². The van der Waals surface area contributed by atoms with Gasteiger partial charge in [0.1, 0.15) is 5.75 Å². The molecule has 142 valence electrons. The lowest BCUT2D eigenvalue weighted by molar-refractivity contribution is -0.153. The number of hydrogen-bond acceptors (Lipinski definition) is 4. The van der Waals surface area contributed by atoms with E-state index in [1.165, 1.54) is 23.2 Å². The standard InChI is InChI=1S/C18H15F3N2O4/c1-10-6-11(2-3-14(10)27-9-18(19,20)21)7-23-8-13-12(16(23)24)4-5-22-15(13)17(25)26/h2-6H,7-9H2,1H3,(H,25,26). The largest absolute Gasteiger partial charge is 0.484 e. The Labute approximate surface area is 152 Å². The Bertz CT molecular complexity index is 912. The molecule has 1 aromatic carbocycles. The van der Waals surface area contributed by atoms with Crippen molar-refractivity contribution >= 4 is 11.9 Å². The molecule has 2 heterocycles. The number of aryl methyl sites for hydroxylation is 1. The van der Waals surface area contributed by atoms with Crippen molar-refractivity contribution in [2.75, 3.05) is 6.61 Å². The summed E-state index contributed by atoms with van der Waals surface area (Å²) in [6.07, 6.45) is -3.14. The van der Waals surface area contributed by atoms with Gasteiger partial charge < -0.3 is 14.7 Å². The molecule has 1 amide bonds. The van der Waals surface area contributed by atoms with Gasteiger partial charge in [-0.1, -0.05) is 12.1 Å². The number of hydrogen-bond donors (Lipinski definition) is 1. The van der Waals surface area contributed by atoms with Gasteiger partial charge in [0.05, 0.1) is 0 Å². The van der Waals surface area contributed by atoms with E-state index in [2.05, 4.69) is 4.98 Å². The Hall–Kier alpha value is -3.10. The quantitative estimate of drug-likeness (QED) is 0.862. The monoisotopic (exact) mass is 380 g/mol. The normalized spacial score (nSPS) is 13.6. The molecule has 6 nitrogen and oxygen atoms in total. The minimum atomic E-state index is -4.42. The molecule has 1 aliphatic heterocycles. The van der Waals surface area contributed by atoms with Crippen molar-refractivity contribution in [3.05, 3.63) is 58.4 Å². The number of fused-ring (bicyclic) bond motifs is 1. The third kappa shape index (κ3) is 4.02. The number of ether oxygens (including phenoxy) is 1. The summed E-state index contributed by atoms with van der Waals surface area (Å²) in [5, 5.41) is 9.20. The van der Waals surface area contributed by atoms with Crippen LogP contribution in [-0.4, -0.2) is 39.7 Å². The highest BCUT2D eigenvalue weighted by Crippen LogP contribution is 2.28. The van der Waals surface area contributed by atoms with E-state index in [1.807, 2.05) is 0 Å². The number of pyridine rings is 1. The molecular formula is C18H15F3N2O4. The van der Waals surface area contributed by atoms with Gasteiger partial charge in [-0.15, -0.1) is 0 Å². The zero-order valence-electron chi connectivity index (χ0n) is 14.2. The highest BCUT2D eigenvalue weighted by Gasteiger charge is 2.32. The number of halogens is 3. The Kier molecular flexibility index (Phi) is 4.77. The average Bonchev–Trinajstić information content (AvgIpc) is 2.89. The molecule has 0 radical (unpaired) electrons. The van der Waals surface area contributed by atoms with Crippen LogP contribution in [0.1, 0.15) is 37.5 Å². The molecule has 0 unspecified atom stereocenters. The van der Waals surface area contributed by atoms with Crippen molar-refractivity contribution < 1.29 is 32.6 Å². The van der Waals surface area contributed by atoms with Crippen molar-refractivity contribution in [3.63, 3.8) is 0 Å². The molecule has 0 bridgehead atoms. The van der Waals surface area contributed by atoms with E-state index in [4.69, 9.17) is 4.74 Å². The van der Waals surface area contributed by atoms with Crippen LogP contribution < -0.4 is 4.74 Å². The van der Waals surface area contributed by atoms with E-state index in [0.29, 0.717) is 22.3 Å². The summed E-state index contributed by atoms with van der Waals surface area (Å²) >= 11 is 0. The lowest BCUT2D eigenvalue weighted by Crippen LogP contribution is -2.23. The number of aromatic carboxylic acids is 1. The van der Waals surface area contributed by atoms with Crippen molar-refractivity contribution in [1.82, 2.24) is 9.88 Å². The number of aromatic nitrogens is 1. The zero-order chi connectivity index (χ0) is 19.8. The average molecular weight is 380 g/mol. The number of alkyl halides is 3. The van der Waals surface area contributed by atoms with E-state index >= 15 is 0 Å². The Morgan fingerprint density at radius 1 is 1.33 bits per heavy atom. The first-order valence-electron chi connectivity index (χ1n) is 7.95. The molecule has 3 rings (SSSR count). The van der Waals surface area contributed by atoms with E-state index in [0.717, 1.165) is 0 Å². The summed E-state index contributed by atoms with van der Waals surface area (Å²) in [5.74, 6) is -1.40. The second kappa shape index (κ2) is 6.90. The molecule has 1 aliphatic rings. The number of nitrogens with zero attached hydrogens (tertiary/aromatic N) is 2. The number of carbonyl (C=O) groups is 2. The van der Waals surface area contributed by atoms with Crippen LogP contribution in [0.25, 0.3) is 0 Å². The van der Waals surface area contributed by atoms with Crippen molar-refractivity contribution in [1.29, 1.82) is 0 Å². The molecule has 0 saturated heterocycles. The Morgan fingerprint density at radius 2 is 2.07 bits per heavy atom. The molecule has 0 spiro atoms. The van der Waals surface area contributed by atoms with Gasteiger partial charge in [0, 0.05) is 30.4 Å². The second-order valence-corrected chi connectivity index (χ2v) is 6.16. The predicted molar refractivity (Wildman–Crippen MR) is 87.5 cm³/mol. The van der Waals surface area contributed by atoms with E-state index in [9.17, 15) is 27.9 Å². The predicted octanol–water partition coefficient (Wildman–Crippen LogP) is 3.19. The van der Waals surface area contributed by atoms with Gasteiger partial charge in [-0.3, -0.25) is 4.79 Å². The highest BCUT2D eigenvalue weighted by molar-refractivity contribution is 6.01. The lowest BCUT2D eigenvalue weighted by Gasteiger charge is -2.17. The molecule has 9 heteroatoms. The topological polar surface area (TPSA) is 79.7 Å². The van der Waals surface area contributed by atoms with Gasteiger partial charge in [0.15, 0.2) is 12.3 Å². The summed E-state index contributed by atoms with van der Waals surface area (Å²) in [5.41, 5.74) is 1.70. The molecule has 0 atom stereocenters. The smallest absolute Gasteiger partial charge is 0.422 e. The fourth-order valence-electron chi connectivity index (χ4n) is 2.95. The lowest BCUT2D eigenvalue weighted by atomic mass is 10.1. The van der Waals surface area contributed by atoms with E-state index < -0.39 is 18.8 Å². The number of carbonyl (C=O) groups excluding carboxylic acids is 1. The summed E-state index contributed by atoms with van der Waals surface area (Å²) in [4.78, 5) is 29.0. The maximum atomic E-state index is 12.5. The van der Waals surface area contributed by atoms with Crippen LogP contribution >= 0.6 is 0 Å². The molecule has 0 fully saturated rings. The third-order valence-electron chi connectivity index (χ3n) is 4.13.